The molecular formula is C4H8BNOS2. The number of nitrogens with one attached hydrogen (secondary N) is 1. The van der Waals surface area contributed by atoms with Crippen molar-refractivity contribution < 1.29 is 4.65 Å². The van der Waals surface area contributed by atoms with Gasteiger partial charge in [0.05, 0.1) is 6.10 Å². The van der Waals surface area contributed by atoms with Crippen molar-refractivity contribution in [2.24, 2.45) is 0 Å². The molecule has 0 saturated heterocycles. The summed E-state index contributed by atoms with van der Waals surface area (Å²) in [6.45, 7) is 2.43. The van der Waals surface area contributed by atoms with Crippen LogP contribution in [0.15, 0.2) is 0 Å². The van der Waals surface area contributed by atoms with Crippen LogP contribution in [-0.4, -0.2) is 25.0 Å². The van der Waals surface area contributed by atoms with Crippen molar-refractivity contribution >= 4 is 37.2 Å². The van der Waals surface area contributed by atoms with Crippen molar-refractivity contribution in [2.45, 2.75) is 13.0 Å². The summed E-state index contributed by atoms with van der Waals surface area (Å²) < 4.78 is 4.90. The summed E-state index contributed by atoms with van der Waals surface area (Å²) in [6.07, 6.45) is -0.0323. The predicted molar refractivity (Wildman–Crippen MR) is 45.9 cm³/mol. The van der Waals surface area contributed by atoms with Crippen molar-refractivity contribution in [2.75, 3.05) is 6.54 Å². The fraction of sp³-hybridized carbons (Fsp3) is 0.750. The van der Waals surface area contributed by atoms with Crippen molar-refractivity contribution in [3.05, 3.63) is 0 Å². The molecule has 2 radical (unpaired) electrons. The first kappa shape index (κ1) is 9.26. The smallest absolute Gasteiger partial charge is 0.283 e. The first-order valence-electron chi connectivity index (χ1n) is 2.49. The molecule has 0 bridgehead atoms. The van der Waals surface area contributed by atoms with Crippen LogP contribution in [0.5, 0.6) is 0 Å². The van der Waals surface area contributed by atoms with E-state index in [9.17, 15) is 0 Å². The second-order valence-electron chi connectivity index (χ2n) is 1.63. The van der Waals surface area contributed by atoms with Crippen LogP contribution in [0.4, 0.5) is 0 Å². The average molecular weight is 161 g/mol. The summed E-state index contributed by atoms with van der Waals surface area (Å²) in [5.41, 5.74) is 0. The van der Waals surface area contributed by atoms with Gasteiger partial charge in [-0.1, -0.05) is 12.2 Å². The van der Waals surface area contributed by atoms with Gasteiger partial charge in [-0.3, -0.25) is 0 Å². The lowest BCUT2D eigenvalue weighted by molar-refractivity contribution is 0.247. The van der Waals surface area contributed by atoms with Crippen LogP contribution in [0, 0.1) is 0 Å². The van der Waals surface area contributed by atoms with E-state index in [2.05, 4.69) is 34.8 Å². The van der Waals surface area contributed by atoms with Crippen LogP contribution in [0.25, 0.3) is 0 Å². The molecule has 2 nitrogen and oxygen atoms in total. The van der Waals surface area contributed by atoms with Gasteiger partial charge in [0.1, 0.15) is 4.32 Å². The van der Waals surface area contributed by atoms with Crippen LogP contribution < -0.4 is 5.32 Å². The molecule has 0 aliphatic carbocycles. The minimum Gasteiger partial charge on any atom is -0.443 e. The summed E-state index contributed by atoms with van der Waals surface area (Å²) >= 11 is 8.45. The third-order valence-corrected chi connectivity index (χ3v) is 1.08. The van der Waals surface area contributed by atoms with E-state index in [1.807, 2.05) is 6.92 Å². The highest BCUT2D eigenvalue weighted by molar-refractivity contribution is 8.11. The Morgan fingerprint density at radius 1 is 2.00 bits per heavy atom. The Labute approximate surface area is 67.2 Å². The number of hydrogen-bond acceptors (Lipinski definition) is 2. The summed E-state index contributed by atoms with van der Waals surface area (Å²) in [6, 6.07) is 0. The molecule has 0 amide bonds. The molecule has 5 heteroatoms. The molecule has 0 spiro atoms. The second-order valence-corrected chi connectivity index (χ2v) is 2.79. The van der Waals surface area contributed by atoms with E-state index in [1.165, 1.54) is 0 Å². The Morgan fingerprint density at radius 3 is 2.89 bits per heavy atom. The molecule has 0 aromatic carbocycles. The molecule has 0 aliphatic rings. The molecule has 1 unspecified atom stereocenters. The van der Waals surface area contributed by atoms with Gasteiger partial charge in [0.2, 0.25) is 0 Å². The Hall–Kier alpha value is 0.265. The van der Waals surface area contributed by atoms with Crippen molar-refractivity contribution in [3.63, 3.8) is 0 Å². The molecule has 1 N–H and O–H groups in total. The first-order valence-corrected chi connectivity index (χ1v) is 3.34. The summed E-state index contributed by atoms with van der Waals surface area (Å²) in [5, 5.41) is 2.79. The van der Waals surface area contributed by atoms with E-state index in [0.717, 1.165) is 0 Å². The van der Waals surface area contributed by atoms with E-state index in [0.29, 0.717) is 10.9 Å². The monoisotopic (exact) mass is 161 g/mol. The molecule has 50 valence electrons. The van der Waals surface area contributed by atoms with Crippen molar-refractivity contribution in [1.82, 2.24) is 5.32 Å². The van der Waals surface area contributed by atoms with Gasteiger partial charge in [-0.25, -0.2) is 0 Å². The zero-order chi connectivity index (χ0) is 7.28. The van der Waals surface area contributed by atoms with Crippen molar-refractivity contribution in [3.8, 4) is 0 Å². The van der Waals surface area contributed by atoms with E-state index in [-0.39, 0.29) is 6.10 Å². The number of rotatable bonds is 3. The summed E-state index contributed by atoms with van der Waals surface area (Å²) in [4.78, 5) is 0. The molecule has 0 fully saturated rings. The van der Waals surface area contributed by atoms with Gasteiger partial charge in [-0.05, 0) is 6.92 Å². The van der Waals surface area contributed by atoms with Gasteiger partial charge >= 0.3 is 0 Å². The maximum absolute atomic E-state index is 4.85. The Bertz CT molecular complexity index is 101. The SMILES string of the molecule is [B]OC(C)CNC(=S)S. The minimum atomic E-state index is -0.0323. The molecule has 0 aliphatic heterocycles. The summed E-state index contributed by atoms with van der Waals surface area (Å²) in [5.74, 6) is 0. The topological polar surface area (TPSA) is 21.3 Å². The highest BCUT2D eigenvalue weighted by Crippen LogP contribution is 1.84. The maximum atomic E-state index is 4.85. The van der Waals surface area contributed by atoms with Gasteiger partial charge in [0.15, 0.2) is 0 Å². The van der Waals surface area contributed by atoms with Crippen molar-refractivity contribution in [1.29, 1.82) is 0 Å². The third-order valence-electron chi connectivity index (χ3n) is 0.773. The second kappa shape index (κ2) is 5.08. The average Bonchev–Trinajstić information content (AvgIpc) is 1.83. The lowest BCUT2D eigenvalue weighted by Crippen LogP contribution is -2.27. The molecular weight excluding hydrogens is 153 g/mol. The van der Waals surface area contributed by atoms with E-state index >= 15 is 0 Å². The Balaban J connectivity index is 3.16. The van der Waals surface area contributed by atoms with Gasteiger partial charge in [0, 0.05) is 6.54 Å². The molecule has 0 aromatic heterocycles. The molecule has 0 heterocycles. The van der Waals surface area contributed by atoms with Crippen LogP contribution in [-0.2, 0) is 4.65 Å². The van der Waals surface area contributed by atoms with Crippen LogP contribution in [0.2, 0.25) is 0 Å². The quantitative estimate of drug-likeness (QED) is 0.352. The standard InChI is InChI=1S/C4H8BNOS2/c1-3(7-5)2-6-4(8)9/h3H,2H2,1H3,(H2,6,8,9). The van der Waals surface area contributed by atoms with Gasteiger partial charge in [-0.2, -0.15) is 0 Å². The zero-order valence-electron chi connectivity index (χ0n) is 5.13. The molecule has 0 saturated carbocycles. The van der Waals surface area contributed by atoms with E-state index in [4.69, 9.17) is 8.05 Å². The fourth-order valence-corrected chi connectivity index (χ4v) is 0.454. The summed E-state index contributed by atoms with van der Waals surface area (Å²) in [7, 11) is 4.85. The van der Waals surface area contributed by atoms with Gasteiger partial charge in [-0.15, -0.1) is 12.6 Å². The zero-order valence-corrected chi connectivity index (χ0v) is 6.84. The molecule has 1 atom stereocenters. The highest BCUT2D eigenvalue weighted by Gasteiger charge is 1.95. The number of thiocarbonyl (C=S) groups is 1. The van der Waals surface area contributed by atoms with Crippen LogP contribution in [0.3, 0.4) is 0 Å². The van der Waals surface area contributed by atoms with Crippen LogP contribution in [0.1, 0.15) is 6.92 Å². The predicted octanol–water partition coefficient (Wildman–Crippen LogP) is 0.279. The fourth-order valence-electron chi connectivity index (χ4n) is 0.279. The largest absolute Gasteiger partial charge is 0.443 e. The normalized spacial score (nSPS) is 12.7. The Morgan fingerprint density at radius 2 is 2.56 bits per heavy atom. The van der Waals surface area contributed by atoms with Gasteiger partial charge in [0.25, 0.3) is 8.05 Å². The molecule has 9 heavy (non-hydrogen) atoms. The number of hydrogen-bond donors (Lipinski definition) is 2. The molecule has 0 rings (SSSR count). The Kier molecular flexibility index (Phi) is 5.23. The maximum Gasteiger partial charge on any atom is 0.283 e. The molecule has 0 aromatic rings. The van der Waals surface area contributed by atoms with E-state index < -0.39 is 0 Å². The van der Waals surface area contributed by atoms with E-state index in [1.54, 1.807) is 0 Å². The first-order chi connectivity index (χ1) is 4.16. The van der Waals surface area contributed by atoms with Gasteiger partial charge < -0.3 is 9.97 Å². The number of thiol groups is 1. The lowest BCUT2D eigenvalue weighted by atomic mass is 10.4. The lowest BCUT2D eigenvalue weighted by Gasteiger charge is -2.09. The highest BCUT2D eigenvalue weighted by atomic mass is 32.1. The van der Waals surface area contributed by atoms with Crippen LogP contribution >= 0.6 is 24.8 Å². The minimum absolute atomic E-state index is 0.0323. The third kappa shape index (κ3) is 6.15.